The lowest BCUT2D eigenvalue weighted by atomic mass is 10.1. The van der Waals surface area contributed by atoms with Crippen LogP contribution in [-0.2, 0) is 6.54 Å². The van der Waals surface area contributed by atoms with Crippen molar-refractivity contribution in [2.45, 2.75) is 6.54 Å². The number of urea groups is 1. The number of halogens is 2. The van der Waals surface area contributed by atoms with Gasteiger partial charge in [0.25, 0.3) is 0 Å². The number of nitrogens with zero attached hydrogens (tertiary/aromatic N) is 1. The third-order valence-corrected chi connectivity index (χ3v) is 2.46. The maximum absolute atomic E-state index is 13.1. The fourth-order valence-electron chi connectivity index (χ4n) is 1.49. The van der Waals surface area contributed by atoms with Crippen LogP contribution in [-0.4, -0.2) is 22.3 Å². The van der Waals surface area contributed by atoms with Crippen LogP contribution in [0.5, 0.6) is 0 Å². The van der Waals surface area contributed by atoms with Crippen LogP contribution >= 0.6 is 0 Å². The van der Waals surface area contributed by atoms with Gasteiger partial charge in [0, 0.05) is 12.1 Å². The first-order chi connectivity index (χ1) is 9.97. The summed E-state index contributed by atoms with van der Waals surface area (Å²) in [6, 6.07) is 1.80. The molecule has 2 aromatic rings. The molecule has 0 bridgehead atoms. The number of carboxylic acid groups (broad SMARTS) is 1. The maximum atomic E-state index is 13.1. The predicted octanol–water partition coefficient (Wildman–Crippen LogP) is 1.97. The summed E-state index contributed by atoms with van der Waals surface area (Å²) in [6.45, 7) is 0.0222. The van der Waals surface area contributed by atoms with E-state index in [1.165, 1.54) is 12.3 Å². The van der Waals surface area contributed by atoms with Crippen molar-refractivity contribution in [2.75, 3.05) is 5.32 Å². The Morgan fingerprint density at radius 3 is 2.62 bits per heavy atom. The Morgan fingerprint density at radius 2 is 2.00 bits per heavy atom. The van der Waals surface area contributed by atoms with E-state index in [2.05, 4.69) is 20.3 Å². The number of carbonyl (C=O) groups excluding carboxylic acids is 1. The van der Waals surface area contributed by atoms with Crippen molar-refractivity contribution in [3.05, 3.63) is 47.4 Å². The van der Waals surface area contributed by atoms with Crippen molar-refractivity contribution in [3.63, 3.8) is 0 Å². The Hall–Kier alpha value is -2.97. The average Bonchev–Trinajstić information content (AvgIpc) is 2.93. The molecule has 0 spiro atoms. The molecule has 0 aliphatic rings. The number of hydrogen-bond acceptors (Lipinski definition) is 4. The van der Waals surface area contributed by atoms with Crippen molar-refractivity contribution in [1.82, 2.24) is 10.5 Å². The highest BCUT2D eigenvalue weighted by molar-refractivity contribution is 6.00. The highest BCUT2D eigenvalue weighted by Gasteiger charge is 2.17. The Morgan fingerprint density at radius 1 is 1.29 bits per heavy atom. The minimum atomic E-state index is -1.50. The predicted molar refractivity (Wildman–Crippen MR) is 65.7 cm³/mol. The molecule has 1 heterocycles. The average molecular weight is 297 g/mol. The van der Waals surface area contributed by atoms with E-state index in [9.17, 15) is 18.4 Å². The fourth-order valence-corrected chi connectivity index (χ4v) is 1.49. The van der Waals surface area contributed by atoms with Crippen LogP contribution in [0.4, 0.5) is 19.3 Å². The molecule has 2 amide bonds. The summed E-state index contributed by atoms with van der Waals surface area (Å²) in [6.07, 6.45) is 1.31. The molecular weight excluding hydrogens is 288 g/mol. The molecule has 110 valence electrons. The summed E-state index contributed by atoms with van der Waals surface area (Å²) in [4.78, 5) is 22.5. The first-order valence-corrected chi connectivity index (χ1v) is 5.64. The second-order valence-corrected chi connectivity index (χ2v) is 3.92. The number of amides is 2. The van der Waals surface area contributed by atoms with Crippen LogP contribution < -0.4 is 10.6 Å². The third kappa shape index (κ3) is 3.53. The van der Waals surface area contributed by atoms with Crippen molar-refractivity contribution in [1.29, 1.82) is 0 Å². The summed E-state index contributed by atoms with van der Waals surface area (Å²) >= 11 is 0. The molecule has 3 N–H and O–H groups in total. The Balaban J connectivity index is 2.09. The molecule has 0 radical (unpaired) electrons. The van der Waals surface area contributed by atoms with Crippen LogP contribution in [0.25, 0.3) is 0 Å². The Kier molecular flexibility index (Phi) is 4.12. The molecule has 0 aliphatic heterocycles. The number of benzene rings is 1. The molecule has 0 saturated heterocycles. The van der Waals surface area contributed by atoms with Crippen LogP contribution in [0.2, 0.25) is 0 Å². The van der Waals surface area contributed by atoms with Crippen molar-refractivity contribution in [2.24, 2.45) is 0 Å². The fraction of sp³-hybridized carbons (Fsp3) is 0.0833. The smallest absolute Gasteiger partial charge is 0.337 e. The number of hydrogen-bond donors (Lipinski definition) is 3. The molecule has 0 unspecified atom stereocenters. The van der Waals surface area contributed by atoms with E-state index in [0.717, 1.165) is 0 Å². The van der Waals surface area contributed by atoms with E-state index in [1.807, 2.05) is 0 Å². The van der Waals surface area contributed by atoms with Crippen LogP contribution in [0, 0.1) is 11.6 Å². The zero-order valence-corrected chi connectivity index (χ0v) is 10.4. The lowest BCUT2D eigenvalue weighted by Gasteiger charge is -2.09. The van der Waals surface area contributed by atoms with E-state index in [0.29, 0.717) is 17.8 Å². The van der Waals surface area contributed by atoms with E-state index in [4.69, 9.17) is 5.11 Å². The molecule has 1 aromatic heterocycles. The Labute approximate surface area is 116 Å². The molecule has 21 heavy (non-hydrogen) atoms. The van der Waals surface area contributed by atoms with Crippen LogP contribution in [0.1, 0.15) is 16.1 Å². The van der Waals surface area contributed by atoms with E-state index >= 15 is 0 Å². The van der Waals surface area contributed by atoms with E-state index in [-0.39, 0.29) is 12.2 Å². The van der Waals surface area contributed by atoms with Gasteiger partial charge in [-0.15, -0.1) is 0 Å². The van der Waals surface area contributed by atoms with Gasteiger partial charge in [-0.2, -0.15) is 0 Å². The standard InChI is InChI=1S/C12H9F2N3O4/c13-8-3-7(11(18)19)10(4-9(8)14)16-12(20)15-5-6-1-2-21-17-6/h1-4H,5H2,(H,18,19)(H2,15,16,20). The lowest BCUT2D eigenvalue weighted by Crippen LogP contribution is -2.29. The molecule has 0 atom stereocenters. The molecule has 1 aromatic carbocycles. The van der Waals surface area contributed by atoms with Gasteiger partial charge in [-0.05, 0) is 6.07 Å². The lowest BCUT2D eigenvalue weighted by molar-refractivity contribution is 0.0697. The number of rotatable bonds is 4. The van der Waals surface area contributed by atoms with Crippen molar-refractivity contribution >= 4 is 17.7 Å². The Bertz CT molecular complexity index is 673. The van der Waals surface area contributed by atoms with Gasteiger partial charge in [0.15, 0.2) is 11.6 Å². The van der Waals surface area contributed by atoms with Crippen LogP contribution in [0.15, 0.2) is 29.0 Å². The zero-order valence-electron chi connectivity index (χ0n) is 10.4. The van der Waals surface area contributed by atoms with Crippen LogP contribution in [0.3, 0.4) is 0 Å². The number of anilines is 1. The summed E-state index contributed by atoms with van der Waals surface area (Å²) in [5.74, 6) is -4.09. The maximum Gasteiger partial charge on any atom is 0.337 e. The summed E-state index contributed by atoms with van der Waals surface area (Å²) < 4.78 is 30.7. The normalized spacial score (nSPS) is 10.2. The van der Waals surface area contributed by atoms with E-state index in [1.54, 1.807) is 0 Å². The van der Waals surface area contributed by atoms with Gasteiger partial charge >= 0.3 is 12.0 Å². The minimum absolute atomic E-state index is 0.0222. The summed E-state index contributed by atoms with van der Waals surface area (Å²) in [7, 11) is 0. The van der Waals surface area contributed by atoms with Gasteiger partial charge in [-0.1, -0.05) is 5.16 Å². The third-order valence-electron chi connectivity index (χ3n) is 2.46. The molecule has 0 saturated carbocycles. The number of nitrogens with one attached hydrogen (secondary N) is 2. The molecule has 7 nitrogen and oxygen atoms in total. The summed E-state index contributed by atoms with van der Waals surface area (Å²) in [5.41, 5.74) is -0.488. The second kappa shape index (κ2) is 5.99. The van der Waals surface area contributed by atoms with E-state index < -0.39 is 29.2 Å². The number of aromatic carboxylic acids is 1. The SMILES string of the molecule is O=C(NCc1ccon1)Nc1cc(F)c(F)cc1C(=O)O. The van der Waals surface area contributed by atoms with Gasteiger partial charge in [-0.3, -0.25) is 0 Å². The van der Waals surface area contributed by atoms with Gasteiger partial charge in [0.05, 0.1) is 17.8 Å². The summed E-state index contributed by atoms with van der Waals surface area (Å²) in [5, 5.41) is 16.9. The molecule has 2 rings (SSSR count). The monoisotopic (exact) mass is 297 g/mol. The van der Waals surface area contributed by atoms with Crippen molar-refractivity contribution < 1.29 is 28.0 Å². The number of aromatic nitrogens is 1. The highest BCUT2D eigenvalue weighted by Crippen LogP contribution is 2.20. The number of carboxylic acids is 1. The molecule has 9 heteroatoms. The molecule has 0 aliphatic carbocycles. The minimum Gasteiger partial charge on any atom is -0.478 e. The van der Waals surface area contributed by atoms with Gasteiger partial charge in [-0.25, -0.2) is 18.4 Å². The number of carbonyl (C=O) groups is 2. The second-order valence-electron chi connectivity index (χ2n) is 3.92. The highest BCUT2D eigenvalue weighted by atomic mass is 19.2. The molecule has 0 fully saturated rings. The molecular formula is C12H9F2N3O4. The van der Waals surface area contributed by atoms with Gasteiger partial charge in [0.2, 0.25) is 0 Å². The zero-order chi connectivity index (χ0) is 15.4. The quantitative estimate of drug-likeness (QED) is 0.800. The first-order valence-electron chi connectivity index (χ1n) is 5.64. The largest absolute Gasteiger partial charge is 0.478 e. The first kappa shape index (κ1) is 14.4. The van der Waals surface area contributed by atoms with Crippen molar-refractivity contribution in [3.8, 4) is 0 Å². The van der Waals surface area contributed by atoms with Gasteiger partial charge < -0.3 is 20.3 Å². The van der Waals surface area contributed by atoms with Gasteiger partial charge in [0.1, 0.15) is 12.0 Å². The topological polar surface area (TPSA) is 104 Å².